The van der Waals surface area contributed by atoms with Crippen LogP contribution in [0.1, 0.15) is 38.0 Å². The fourth-order valence-electron chi connectivity index (χ4n) is 2.91. The molecule has 2 N–H and O–H groups in total. The van der Waals surface area contributed by atoms with Crippen molar-refractivity contribution in [3.63, 3.8) is 0 Å². The maximum atomic E-state index is 12.5. The van der Waals surface area contributed by atoms with Crippen LogP contribution in [0.5, 0.6) is 0 Å². The van der Waals surface area contributed by atoms with Gasteiger partial charge in [0.15, 0.2) is 0 Å². The summed E-state index contributed by atoms with van der Waals surface area (Å²) in [6.45, 7) is 4.13. The monoisotopic (exact) mass is 381 g/mol. The lowest BCUT2D eigenvalue weighted by molar-refractivity contribution is 0.285. The molecule has 20 heavy (non-hydrogen) atoms. The maximum Gasteiger partial charge on any atom is 0.242 e. The first-order valence-electron chi connectivity index (χ1n) is 6.80. The molecule has 0 saturated heterocycles. The van der Waals surface area contributed by atoms with Crippen LogP contribution in [0.2, 0.25) is 0 Å². The van der Waals surface area contributed by atoms with Crippen LogP contribution in [0.15, 0.2) is 14.7 Å². The van der Waals surface area contributed by atoms with E-state index in [9.17, 15) is 8.42 Å². The predicted molar refractivity (Wildman–Crippen MR) is 84.2 cm³/mol. The number of aliphatic hydroxyl groups is 1. The minimum atomic E-state index is -3.53. The van der Waals surface area contributed by atoms with Crippen LogP contribution in [0.25, 0.3) is 0 Å². The number of thiophene rings is 1. The number of aliphatic hydroxyl groups excluding tert-OH is 1. The average Bonchev–Trinajstić information content (AvgIpc) is 2.94. The van der Waals surface area contributed by atoms with E-state index in [-0.39, 0.29) is 17.5 Å². The number of hydrogen-bond donors (Lipinski definition) is 2. The molecule has 0 amide bonds. The molecule has 3 atom stereocenters. The van der Waals surface area contributed by atoms with Crippen molar-refractivity contribution in [2.24, 2.45) is 11.8 Å². The van der Waals surface area contributed by atoms with E-state index in [0.717, 1.165) is 19.3 Å². The second-order valence-electron chi connectivity index (χ2n) is 5.34. The van der Waals surface area contributed by atoms with Gasteiger partial charge >= 0.3 is 0 Å². The maximum absolute atomic E-state index is 12.5. The van der Waals surface area contributed by atoms with Gasteiger partial charge in [0.25, 0.3) is 0 Å². The first-order chi connectivity index (χ1) is 9.39. The van der Waals surface area contributed by atoms with Crippen molar-refractivity contribution in [3.8, 4) is 0 Å². The summed E-state index contributed by atoms with van der Waals surface area (Å²) in [4.78, 5) is 0.877. The molecule has 0 aromatic carbocycles. The molecule has 1 aliphatic carbocycles. The predicted octanol–water partition coefficient (Wildman–Crippen LogP) is 3.11. The fraction of sp³-hybridized carbons (Fsp3) is 0.692. The first-order valence-corrected chi connectivity index (χ1v) is 9.89. The van der Waals surface area contributed by atoms with E-state index < -0.39 is 10.0 Å². The van der Waals surface area contributed by atoms with Gasteiger partial charge in [0, 0.05) is 10.9 Å². The highest BCUT2D eigenvalue weighted by molar-refractivity contribution is 9.11. The average molecular weight is 382 g/mol. The Balaban J connectivity index is 2.17. The van der Waals surface area contributed by atoms with Crippen LogP contribution in [-0.2, 0) is 16.6 Å². The van der Waals surface area contributed by atoms with Gasteiger partial charge in [-0.1, -0.05) is 20.3 Å². The molecule has 4 nitrogen and oxygen atoms in total. The second-order valence-corrected chi connectivity index (χ2v) is 9.48. The zero-order chi connectivity index (χ0) is 14.9. The van der Waals surface area contributed by atoms with Crippen molar-refractivity contribution in [3.05, 3.63) is 14.7 Å². The van der Waals surface area contributed by atoms with Gasteiger partial charge in [-0.3, -0.25) is 0 Å². The highest BCUT2D eigenvalue weighted by atomic mass is 79.9. The van der Waals surface area contributed by atoms with Gasteiger partial charge in [0.2, 0.25) is 10.0 Å². The molecule has 7 heteroatoms. The van der Waals surface area contributed by atoms with Crippen molar-refractivity contribution in [1.29, 1.82) is 0 Å². The molecule has 1 heterocycles. The summed E-state index contributed by atoms with van der Waals surface area (Å²) in [5.41, 5.74) is 0. The highest BCUT2D eigenvalue weighted by Crippen LogP contribution is 2.36. The summed E-state index contributed by atoms with van der Waals surface area (Å²) in [6, 6.07) is 1.54. The minimum absolute atomic E-state index is 0.00864. The molecule has 1 fully saturated rings. The van der Waals surface area contributed by atoms with Gasteiger partial charge in [-0.25, -0.2) is 13.1 Å². The molecule has 0 aliphatic heterocycles. The Kier molecular flexibility index (Phi) is 5.29. The SMILES string of the molecule is CCC1CCC(NS(=O)(=O)c2cc(CO)sc2Br)C1C. The summed E-state index contributed by atoms with van der Waals surface area (Å²) < 4.78 is 28.3. The molecule has 1 aromatic heterocycles. The number of sulfonamides is 1. The Morgan fingerprint density at radius 1 is 1.50 bits per heavy atom. The zero-order valence-corrected chi connectivity index (χ0v) is 14.8. The van der Waals surface area contributed by atoms with Crippen molar-refractivity contribution >= 4 is 37.3 Å². The Bertz CT molecular complexity index is 570. The van der Waals surface area contributed by atoms with E-state index in [2.05, 4.69) is 34.5 Å². The summed E-state index contributed by atoms with van der Waals surface area (Å²) in [5.74, 6) is 0.964. The lowest BCUT2D eigenvalue weighted by Crippen LogP contribution is -2.37. The first kappa shape index (κ1) is 16.4. The Labute approximate surface area is 132 Å². The largest absolute Gasteiger partial charge is 0.391 e. The number of hydrogen-bond acceptors (Lipinski definition) is 4. The Hall–Kier alpha value is 0.0500. The summed E-state index contributed by atoms with van der Waals surface area (Å²) in [5, 5.41) is 9.11. The Morgan fingerprint density at radius 3 is 2.70 bits per heavy atom. The van der Waals surface area contributed by atoms with E-state index in [4.69, 9.17) is 5.11 Å². The van der Waals surface area contributed by atoms with E-state index in [1.54, 1.807) is 0 Å². The lowest BCUT2D eigenvalue weighted by Gasteiger charge is -2.20. The molecule has 1 aromatic rings. The third-order valence-electron chi connectivity index (χ3n) is 4.21. The molecular weight excluding hydrogens is 362 g/mol. The van der Waals surface area contributed by atoms with Crippen LogP contribution in [0, 0.1) is 11.8 Å². The summed E-state index contributed by atoms with van der Waals surface area (Å²) in [6.07, 6.45) is 3.07. The molecular formula is C13H20BrNO3S2. The number of halogens is 1. The minimum Gasteiger partial charge on any atom is -0.391 e. The van der Waals surface area contributed by atoms with E-state index in [0.29, 0.717) is 20.5 Å². The second kappa shape index (κ2) is 6.44. The van der Waals surface area contributed by atoms with E-state index in [1.807, 2.05) is 0 Å². The Morgan fingerprint density at radius 2 is 2.20 bits per heavy atom. The molecule has 3 unspecified atom stereocenters. The standard InChI is InChI=1S/C13H20BrNO3S2/c1-3-9-4-5-11(8(9)2)15-20(17,18)12-6-10(7-16)19-13(12)14/h6,8-9,11,15-16H,3-5,7H2,1-2H3. The molecule has 2 rings (SSSR count). The van der Waals surface area contributed by atoms with Crippen LogP contribution >= 0.6 is 27.3 Å². The molecule has 0 bridgehead atoms. The van der Waals surface area contributed by atoms with Crippen LogP contribution in [0.3, 0.4) is 0 Å². The van der Waals surface area contributed by atoms with E-state index >= 15 is 0 Å². The van der Waals surface area contributed by atoms with Crippen molar-refractivity contribution in [2.45, 2.75) is 50.7 Å². The zero-order valence-electron chi connectivity index (χ0n) is 11.6. The smallest absolute Gasteiger partial charge is 0.242 e. The highest BCUT2D eigenvalue weighted by Gasteiger charge is 2.35. The van der Waals surface area contributed by atoms with Gasteiger partial charge in [0.1, 0.15) is 4.90 Å². The van der Waals surface area contributed by atoms with Gasteiger partial charge in [-0.15, -0.1) is 11.3 Å². The van der Waals surface area contributed by atoms with Crippen LogP contribution in [0.4, 0.5) is 0 Å². The van der Waals surface area contributed by atoms with Crippen molar-refractivity contribution in [2.75, 3.05) is 0 Å². The van der Waals surface area contributed by atoms with Gasteiger partial charge in [-0.2, -0.15) is 0 Å². The van der Waals surface area contributed by atoms with Crippen LogP contribution in [-0.4, -0.2) is 19.6 Å². The number of rotatable bonds is 5. The third-order valence-corrected chi connectivity index (χ3v) is 7.94. The van der Waals surface area contributed by atoms with Gasteiger partial charge < -0.3 is 5.11 Å². The summed E-state index contributed by atoms with van der Waals surface area (Å²) in [7, 11) is -3.53. The quantitative estimate of drug-likeness (QED) is 0.823. The molecule has 1 saturated carbocycles. The third kappa shape index (κ3) is 3.27. The molecule has 0 spiro atoms. The van der Waals surface area contributed by atoms with Gasteiger partial charge in [0.05, 0.1) is 10.4 Å². The fourth-order valence-corrected chi connectivity index (χ4v) is 6.82. The molecule has 1 aliphatic rings. The summed E-state index contributed by atoms with van der Waals surface area (Å²) >= 11 is 4.52. The number of nitrogens with one attached hydrogen (secondary N) is 1. The van der Waals surface area contributed by atoms with Gasteiger partial charge in [-0.05, 0) is 46.7 Å². The lowest BCUT2D eigenvalue weighted by atomic mass is 9.94. The topological polar surface area (TPSA) is 66.4 Å². The molecule has 114 valence electrons. The van der Waals surface area contributed by atoms with Crippen molar-refractivity contribution < 1.29 is 13.5 Å². The van der Waals surface area contributed by atoms with Crippen LogP contribution < -0.4 is 4.72 Å². The van der Waals surface area contributed by atoms with Crippen molar-refractivity contribution in [1.82, 2.24) is 4.72 Å². The van der Waals surface area contributed by atoms with E-state index in [1.165, 1.54) is 17.4 Å². The molecule has 0 radical (unpaired) electrons. The normalized spacial score (nSPS) is 27.1.